The van der Waals surface area contributed by atoms with Gasteiger partial charge in [0.05, 0.1) is 21.8 Å². The van der Waals surface area contributed by atoms with Gasteiger partial charge in [0.2, 0.25) is 5.91 Å². The molecule has 0 fully saturated rings. The van der Waals surface area contributed by atoms with Gasteiger partial charge in [-0.2, -0.15) is 0 Å². The average Bonchev–Trinajstić information content (AvgIpc) is 2.77. The van der Waals surface area contributed by atoms with Gasteiger partial charge in [0.25, 0.3) is 5.56 Å². The molecule has 0 spiro atoms. The van der Waals surface area contributed by atoms with Crippen LogP contribution in [0.5, 0.6) is 0 Å². The van der Waals surface area contributed by atoms with Crippen molar-refractivity contribution >= 4 is 28.6 Å². The lowest BCUT2D eigenvalue weighted by Gasteiger charge is -2.21. The maximum absolute atomic E-state index is 13.5. The monoisotopic (exact) mass is 441 g/mol. The summed E-state index contributed by atoms with van der Waals surface area (Å²) in [7, 11) is 0. The van der Waals surface area contributed by atoms with Gasteiger partial charge in [0, 0.05) is 6.04 Å². The second kappa shape index (κ2) is 10.6. The smallest absolute Gasteiger partial charge is 0.266 e. The summed E-state index contributed by atoms with van der Waals surface area (Å²) < 4.78 is 15.0. The number of thioether (sulfide) groups is 1. The van der Waals surface area contributed by atoms with Gasteiger partial charge in [0.1, 0.15) is 5.82 Å². The number of para-hydroxylation sites is 1. The SMILES string of the molecule is CCCCC(Sc1nc2ccccc2c(=O)n1-c1ccc(F)cc1)C(=O)NC(C)CC. The fourth-order valence-electron chi connectivity index (χ4n) is 3.21. The molecule has 3 rings (SSSR count). The summed E-state index contributed by atoms with van der Waals surface area (Å²) in [6.07, 6.45) is 3.37. The first-order valence-electron chi connectivity index (χ1n) is 10.7. The van der Waals surface area contributed by atoms with Crippen LogP contribution in [0.3, 0.4) is 0 Å². The van der Waals surface area contributed by atoms with Gasteiger partial charge < -0.3 is 5.32 Å². The van der Waals surface area contributed by atoms with Gasteiger partial charge in [-0.3, -0.25) is 14.2 Å². The summed E-state index contributed by atoms with van der Waals surface area (Å²) in [6.45, 7) is 6.08. The van der Waals surface area contributed by atoms with E-state index in [0.29, 0.717) is 28.2 Å². The number of hydrogen-bond donors (Lipinski definition) is 1. The van der Waals surface area contributed by atoms with Gasteiger partial charge in [-0.15, -0.1) is 0 Å². The van der Waals surface area contributed by atoms with Crippen molar-refractivity contribution in [2.24, 2.45) is 0 Å². The molecule has 0 aliphatic heterocycles. The molecule has 2 unspecified atom stereocenters. The van der Waals surface area contributed by atoms with Crippen LogP contribution in [0.25, 0.3) is 16.6 Å². The van der Waals surface area contributed by atoms with E-state index in [0.717, 1.165) is 19.3 Å². The van der Waals surface area contributed by atoms with Crippen LogP contribution in [0.1, 0.15) is 46.5 Å². The molecule has 0 bridgehead atoms. The topological polar surface area (TPSA) is 64.0 Å². The Morgan fingerprint density at radius 2 is 1.87 bits per heavy atom. The normalized spacial score (nSPS) is 13.2. The highest BCUT2D eigenvalue weighted by atomic mass is 32.2. The van der Waals surface area contributed by atoms with Gasteiger partial charge in [-0.25, -0.2) is 9.37 Å². The van der Waals surface area contributed by atoms with Crippen LogP contribution in [0.15, 0.2) is 58.5 Å². The number of rotatable bonds is 9. The number of nitrogens with zero attached hydrogens (tertiary/aromatic N) is 2. The van der Waals surface area contributed by atoms with Crippen molar-refractivity contribution in [3.05, 3.63) is 64.7 Å². The van der Waals surface area contributed by atoms with Crippen LogP contribution in [-0.4, -0.2) is 26.8 Å². The van der Waals surface area contributed by atoms with E-state index in [1.807, 2.05) is 19.9 Å². The van der Waals surface area contributed by atoms with Crippen LogP contribution in [0.4, 0.5) is 4.39 Å². The summed E-state index contributed by atoms with van der Waals surface area (Å²) in [6, 6.07) is 12.9. The zero-order valence-corrected chi connectivity index (χ0v) is 18.9. The average molecular weight is 442 g/mol. The van der Waals surface area contributed by atoms with E-state index in [9.17, 15) is 14.0 Å². The fraction of sp³-hybridized carbons (Fsp3) is 0.375. The van der Waals surface area contributed by atoms with Crippen LogP contribution in [-0.2, 0) is 4.79 Å². The molecule has 0 saturated heterocycles. The highest BCUT2D eigenvalue weighted by Gasteiger charge is 2.24. The second-order valence-electron chi connectivity index (χ2n) is 7.60. The first-order chi connectivity index (χ1) is 14.9. The largest absolute Gasteiger partial charge is 0.353 e. The minimum atomic E-state index is -0.381. The number of amides is 1. The molecule has 2 aromatic carbocycles. The second-order valence-corrected chi connectivity index (χ2v) is 8.76. The zero-order chi connectivity index (χ0) is 22.4. The Morgan fingerprint density at radius 1 is 1.16 bits per heavy atom. The summed E-state index contributed by atoms with van der Waals surface area (Å²) >= 11 is 1.29. The summed E-state index contributed by atoms with van der Waals surface area (Å²) in [4.78, 5) is 31.0. The Kier molecular flexibility index (Phi) is 7.85. The Morgan fingerprint density at radius 3 is 2.55 bits per heavy atom. The number of nitrogens with one attached hydrogen (secondary N) is 1. The number of halogens is 1. The third-order valence-electron chi connectivity index (χ3n) is 5.19. The van der Waals surface area contributed by atoms with Crippen molar-refractivity contribution in [3.63, 3.8) is 0 Å². The maximum Gasteiger partial charge on any atom is 0.266 e. The van der Waals surface area contributed by atoms with E-state index in [2.05, 4.69) is 12.2 Å². The van der Waals surface area contributed by atoms with Gasteiger partial charge in [-0.05, 0) is 56.2 Å². The molecule has 1 amide bonds. The zero-order valence-electron chi connectivity index (χ0n) is 18.1. The molecule has 5 nitrogen and oxygen atoms in total. The van der Waals surface area contributed by atoms with E-state index >= 15 is 0 Å². The van der Waals surface area contributed by atoms with Crippen molar-refractivity contribution < 1.29 is 9.18 Å². The molecule has 1 N–H and O–H groups in total. The molecule has 2 atom stereocenters. The van der Waals surface area contributed by atoms with Gasteiger partial charge in [0.15, 0.2) is 5.16 Å². The number of carbonyl (C=O) groups is 1. The summed E-state index contributed by atoms with van der Waals surface area (Å²) in [5.74, 6) is -0.436. The van der Waals surface area contributed by atoms with E-state index in [-0.39, 0.29) is 28.6 Å². The van der Waals surface area contributed by atoms with Crippen molar-refractivity contribution in [1.29, 1.82) is 0 Å². The molecule has 164 valence electrons. The minimum Gasteiger partial charge on any atom is -0.353 e. The van der Waals surface area contributed by atoms with Crippen molar-refractivity contribution in [2.45, 2.75) is 62.9 Å². The van der Waals surface area contributed by atoms with E-state index < -0.39 is 0 Å². The molecule has 1 aromatic heterocycles. The number of aromatic nitrogens is 2. The van der Waals surface area contributed by atoms with Crippen LogP contribution in [0.2, 0.25) is 0 Å². The number of carbonyl (C=O) groups excluding carboxylic acids is 1. The summed E-state index contributed by atoms with van der Waals surface area (Å²) in [5, 5.41) is 3.58. The Labute approximate surface area is 186 Å². The Hall–Kier alpha value is -2.67. The molecular weight excluding hydrogens is 413 g/mol. The standard InChI is InChI=1S/C24H28FN3O2S/c1-4-6-11-21(22(29)26-16(3)5-2)31-24-27-20-10-8-7-9-19(20)23(30)28(24)18-14-12-17(25)13-15-18/h7-10,12-16,21H,4-6,11H2,1-3H3,(H,26,29). The van der Waals surface area contributed by atoms with Crippen LogP contribution < -0.4 is 10.9 Å². The third-order valence-corrected chi connectivity index (χ3v) is 6.41. The number of unbranched alkanes of at least 4 members (excludes halogenated alkanes) is 1. The highest BCUT2D eigenvalue weighted by molar-refractivity contribution is 8.00. The molecule has 7 heteroatoms. The van der Waals surface area contributed by atoms with E-state index in [1.165, 1.54) is 28.5 Å². The molecule has 0 radical (unpaired) electrons. The number of benzene rings is 2. The number of fused-ring (bicyclic) bond motifs is 1. The molecular formula is C24H28FN3O2S. The highest BCUT2D eigenvalue weighted by Crippen LogP contribution is 2.28. The lowest BCUT2D eigenvalue weighted by atomic mass is 10.2. The summed E-state index contributed by atoms with van der Waals surface area (Å²) in [5.41, 5.74) is 0.852. The third kappa shape index (κ3) is 5.53. The van der Waals surface area contributed by atoms with Gasteiger partial charge >= 0.3 is 0 Å². The fourth-order valence-corrected chi connectivity index (χ4v) is 4.37. The van der Waals surface area contributed by atoms with Crippen molar-refractivity contribution in [2.75, 3.05) is 0 Å². The lowest BCUT2D eigenvalue weighted by Crippen LogP contribution is -2.38. The first-order valence-corrected chi connectivity index (χ1v) is 11.6. The number of hydrogen-bond acceptors (Lipinski definition) is 4. The Balaban J connectivity index is 2.09. The van der Waals surface area contributed by atoms with E-state index in [1.54, 1.807) is 30.3 Å². The molecule has 3 aromatic rings. The lowest BCUT2D eigenvalue weighted by molar-refractivity contribution is -0.121. The predicted molar refractivity (Wildman–Crippen MR) is 124 cm³/mol. The molecule has 0 aliphatic rings. The van der Waals surface area contributed by atoms with Crippen molar-refractivity contribution in [1.82, 2.24) is 14.9 Å². The van der Waals surface area contributed by atoms with Crippen LogP contribution >= 0.6 is 11.8 Å². The minimum absolute atomic E-state index is 0.0548. The Bertz CT molecular complexity index is 1100. The van der Waals surface area contributed by atoms with Crippen LogP contribution in [0, 0.1) is 5.82 Å². The maximum atomic E-state index is 13.5. The predicted octanol–water partition coefficient (Wildman–Crippen LogP) is 5.09. The molecule has 1 heterocycles. The van der Waals surface area contributed by atoms with Gasteiger partial charge in [-0.1, -0.05) is 50.6 Å². The quantitative estimate of drug-likeness (QED) is 0.371. The molecule has 0 aliphatic carbocycles. The van der Waals surface area contributed by atoms with Crippen molar-refractivity contribution in [3.8, 4) is 5.69 Å². The molecule has 31 heavy (non-hydrogen) atoms. The molecule has 0 saturated carbocycles. The first kappa shape index (κ1) is 23.0. The van der Waals surface area contributed by atoms with E-state index in [4.69, 9.17) is 4.98 Å².